The molecule has 0 fully saturated rings. The van der Waals surface area contributed by atoms with Crippen LogP contribution in [0.4, 0.5) is 5.69 Å². The van der Waals surface area contributed by atoms with Gasteiger partial charge in [-0.3, -0.25) is 4.98 Å². The molecule has 1 aromatic heterocycles. The molecule has 2 aromatic carbocycles. The normalized spacial score (nSPS) is 15.1. The molecule has 6 heteroatoms. The molecule has 0 bridgehead atoms. The highest BCUT2D eigenvalue weighted by Crippen LogP contribution is 2.38. The molecule has 6 nitrogen and oxygen atoms in total. The second-order valence-electron chi connectivity index (χ2n) is 7.37. The van der Waals surface area contributed by atoms with Crippen molar-refractivity contribution in [3.63, 3.8) is 0 Å². The number of pyridine rings is 1. The molecule has 30 heavy (non-hydrogen) atoms. The summed E-state index contributed by atoms with van der Waals surface area (Å²) in [5, 5.41) is 12.6. The third-order valence-electron chi connectivity index (χ3n) is 5.52. The summed E-state index contributed by atoms with van der Waals surface area (Å²) in [6.07, 6.45) is 3.90. The largest absolute Gasteiger partial charge is 0.497 e. The maximum atomic E-state index is 11.4. The van der Waals surface area contributed by atoms with Crippen LogP contribution in [0.5, 0.6) is 11.5 Å². The molecule has 1 aliphatic heterocycles. The van der Waals surface area contributed by atoms with Gasteiger partial charge >= 0.3 is 5.97 Å². The molecule has 0 spiro atoms. The fraction of sp³-hybridized carbons (Fsp3) is 0.250. The van der Waals surface area contributed by atoms with E-state index in [2.05, 4.69) is 41.5 Å². The summed E-state index contributed by atoms with van der Waals surface area (Å²) < 4.78 is 11.3. The Hall–Kier alpha value is -3.54. The Labute approximate surface area is 175 Å². The van der Waals surface area contributed by atoms with Gasteiger partial charge in [-0.15, -0.1) is 0 Å². The second-order valence-corrected chi connectivity index (χ2v) is 7.37. The number of aromatic nitrogens is 1. The molecule has 2 N–H and O–H groups in total. The van der Waals surface area contributed by atoms with E-state index >= 15 is 0 Å². The van der Waals surface area contributed by atoms with E-state index in [1.807, 2.05) is 12.1 Å². The summed E-state index contributed by atoms with van der Waals surface area (Å²) in [5.74, 6) is 0.945. The van der Waals surface area contributed by atoms with Crippen molar-refractivity contribution in [1.82, 2.24) is 4.98 Å². The molecular formula is C24H24N2O4. The average molecular weight is 404 g/mol. The third kappa shape index (κ3) is 3.94. The SMILES string of the molecule is COc1ccc(C)c(-c2ccc3c(c2)OCC[C@H]3CNc2cnccc2C(=O)O)c1. The topological polar surface area (TPSA) is 80.7 Å². The Morgan fingerprint density at radius 1 is 1.27 bits per heavy atom. The number of rotatable bonds is 6. The highest BCUT2D eigenvalue weighted by molar-refractivity contribution is 5.93. The van der Waals surface area contributed by atoms with Crippen molar-refractivity contribution in [3.8, 4) is 22.6 Å². The smallest absolute Gasteiger partial charge is 0.337 e. The number of hydrogen-bond acceptors (Lipinski definition) is 5. The number of nitrogens with zero attached hydrogens (tertiary/aromatic N) is 1. The quantitative estimate of drug-likeness (QED) is 0.618. The summed E-state index contributed by atoms with van der Waals surface area (Å²) in [6, 6.07) is 13.8. The number of carbonyl (C=O) groups is 1. The molecule has 1 atom stereocenters. The van der Waals surface area contributed by atoms with E-state index in [1.54, 1.807) is 13.3 Å². The summed E-state index contributed by atoms with van der Waals surface area (Å²) in [5.41, 5.74) is 5.24. The Bertz CT molecular complexity index is 1080. The lowest BCUT2D eigenvalue weighted by molar-refractivity contribution is 0.0697. The van der Waals surface area contributed by atoms with Crippen LogP contribution in [0.3, 0.4) is 0 Å². The lowest BCUT2D eigenvalue weighted by Gasteiger charge is -2.27. The van der Waals surface area contributed by atoms with Crippen molar-refractivity contribution in [1.29, 1.82) is 0 Å². The van der Waals surface area contributed by atoms with Gasteiger partial charge < -0.3 is 19.9 Å². The number of fused-ring (bicyclic) bond motifs is 1. The van der Waals surface area contributed by atoms with Gasteiger partial charge in [0.1, 0.15) is 11.5 Å². The maximum absolute atomic E-state index is 11.4. The molecule has 0 saturated carbocycles. The second kappa shape index (κ2) is 8.45. The van der Waals surface area contributed by atoms with Crippen molar-refractivity contribution in [2.75, 3.05) is 25.6 Å². The number of carboxylic acids is 1. The number of ether oxygens (including phenoxy) is 2. The fourth-order valence-corrected chi connectivity index (χ4v) is 3.84. The minimum absolute atomic E-state index is 0.219. The molecule has 0 amide bonds. The van der Waals surface area contributed by atoms with E-state index in [9.17, 15) is 9.90 Å². The number of nitrogens with one attached hydrogen (secondary N) is 1. The summed E-state index contributed by atoms with van der Waals surface area (Å²) in [7, 11) is 1.67. The predicted octanol–water partition coefficient (Wildman–Crippen LogP) is 4.74. The van der Waals surface area contributed by atoms with Gasteiger partial charge in [-0.2, -0.15) is 0 Å². The number of hydrogen-bond donors (Lipinski definition) is 2. The first-order chi connectivity index (χ1) is 14.6. The van der Waals surface area contributed by atoms with Crippen LogP contribution >= 0.6 is 0 Å². The van der Waals surface area contributed by atoms with Crippen molar-refractivity contribution in [2.24, 2.45) is 0 Å². The number of methoxy groups -OCH3 is 1. The highest BCUT2D eigenvalue weighted by atomic mass is 16.5. The van der Waals surface area contributed by atoms with Crippen LogP contribution in [0.15, 0.2) is 54.9 Å². The van der Waals surface area contributed by atoms with Gasteiger partial charge in [0.15, 0.2) is 0 Å². The van der Waals surface area contributed by atoms with E-state index < -0.39 is 5.97 Å². The number of benzene rings is 2. The van der Waals surface area contributed by atoms with E-state index in [0.717, 1.165) is 34.6 Å². The fourth-order valence-electron chi connectivity index (χ4n) is 3.84. The molecule has 1 aliphatic rings. The van der Waals surface area contributed by atoms with Crippen LogP contribution in [0.25, 0.3) is 11.1 Å². The summed E-state index contributed by atoms with van der Waals surface area (Å²) in [6.45, 7) is 3.31. The number of aromatic carboxylic acids is 1. The third-order valence-corrected chi connectivity index (χ3v) is 5.52. The molecule has 3 aromatic rings. The van der Waals surface area contributed by atoms with E-state index in [-0.39, 0.29) is 11.5 Å². The Morgan fingerprint density at radius 3 is 2.93 bits per heavy atom. The minimum Gasteiger partial charge on any atom is -0.497 e. The monoisotopic (exact) mass is 404 g/mol. The van der Waals surface area contributed by atoms with Crippen molar-refractivity contribution in [2.45, 2.75) is 19.3 Å². The zero-order valence-electron chi connectivity index (χ0n) is 17.0. The molecular weight excluding hydrogens is 380 g/mol. The van der Waals surface area contributed by atoms with E-state index in [4.69, 9.17) is 9.47 Å². The zero-order chi connectivity index (χ0) is 21.1. The number of carboxylic acid groups (broad SMARTS) is 1. The Morgan fingerprint density at radius 2 is 2.13 bits per heavy atom. The van der Waals surface area contributed by atoms with Crippen LogP contribution in [0.2, 0.25) is 0 Å². The van der Waals surface area contributed by atoms with Gasteiger partial charge in [-0.1, -0.05) is 18.2 Å². The van der Waals surface area contributed by atoms with Gasteiger partial charge in [0.2, 0.25) is 0 Å². The molecule has 0 unspecified atom stereocenters. The number of aryl methyl sites for hydroxylation is 1. The summed E-state index contributed by atoms with van der Waals surface area (Å²) >= 11 is 0. The lowest BCUT2D eigenvalue weighted by atomic mass is 9.90. The van der Waals surface area contributed by atoms with Crippen LogP contribution in [-0.4, -0.2) is 36.3 Å². The van der Waals surface area contributed by atoms with Crippen LogP contribution < -0.4 is 14.8 Å². The van der Waals surface area contributed by atoms with Crippen molar-refractivity contribution < 1.29 is 19.4 Å². The first kappa shape index (κ1) is 19.8. The van der Waals surface area contributed by atoms with Gasteiger partial charge in [-0.25, -0.2) is 4.79 Å². The van der Waals surface area contributed by atoms with Crippen molar-refractivity contribution in [3.05, 3.63) is 71.5 Å². The van der Waals surface area contributed by atoms with Crippen molar-refractivity contribution >= 4 is 11.7 Å². The Kier molecular flexibility index (Phi) is 5.57. The lowest BCUT2D eigenvalue weighted by Crippen LogP contribution is -2.21. The zero-order valence-corrected chi connectivity index (χ0v) is 17.0. The molecule has 0 saturated heterocycles. The first-order valence-corrected chi connectivity index (χ1v) is 9.89. The molecule has 154 valence electrons. The van der Waals surface area contributed by atoms with Crippen LogP contribution in [0, 0.1) is 6.92 Å². The minimum atomic E-state index is -0.967. The first-order valence-electron chi connectivity index (χ1n) is 9.89. The molecule has 0 radical (unpaired) electrons. The predicted molar refractivity (Wildman–Crippen MR) is 116 cm³/mol. The maximum Gasteiger partial charge on any atom is 0.337 e. The highest BCUT2D eigenvalue weighted by Gasteiger charge is 2.23. The van der Waals surface area contributed by atoms with E-state index in [0.29, 0.717) is 18.8 Å². The van der Waals surface area contributed by atoms with Gasteiger partial charge in [0.05, 0.1) is 31.2 Å². The summed E-state index contributed by atoms with van der Waals surface area (Å²) in [4.78, 5) is 15.5. The Balaban J connectivity index is 1.58. The van der Waals surface area contributed by atoms with Crippen LogP contribution in [0.1, 0.15) is 33.8 Å². The van der Waals surface area contributed by atoms with Gasteiger partial charge in [-0.05, 0) is 59.9 Å². The van der Waals surface area contributed by atoms with Gasteiger partial charge in [0, 0.05) is 18.7 Å². The molecule has 4 rings (SSSR count). The average Bonchev–Trinajstić information content (AvgIpc) is 2.77. The molecule has 2 heterocycles. The number of anilines is 1. The van der Waals surface area contributed by atoms with E-state index in [1.165, 1.54) is 17.8 Å². The van der Waals surface area contributed by atoms with Gasteiger partial charge in [0.25, 0.3) is 0 Å². The van der Waals surface area contributed by atoms with Crippen LogP contribution in [-0.2, 0) is 0 Å². The standard InChI is InChI=1S/C24H24N2O4/c1-15-3-5-18(29-2)12-21(15)16-4-6-19-17(8-10-30-23(19)11-16)13-26-22-14-25-9-7-20(22)24(27)28/h3-7,9,11-12,14,17,26H,8,10,13H2,1-2H3,(H,27,28)/t17-/m0/s1. The molecule has 0 aliphatic carbocycles.